The minimum absolute atomic E-state index is 0.173. The van der Waals surface area contributed by atoms with E-state index in [1.54, 1.807) is 0 Å². The van der Waals surface area contributed by atoms with Gasteiger partial charge in [-0.15, -0.1) is 0 Å². The Labute approximate surface area is 125 Å². The molecule has 0 saturated heterocycles. The molecule has 0 aliphatic heterocycles. The van der Waals surface area contributed by atoms with Gasteiger partial charge in [-0.05, 0) is 24.7 Å². The van der Waals surface area contributed by atoms with E-state index in [1.165, 1.54) is 0 Å². The standard InChI is InChI=1S/C14H27N3O4/c1-8(2)5-10(15)13(20)17-11(6-9(3)4)14(21)16-7-12(18)19/h8-11H,5-7,15H2,1-4H3,(H,16,21)(H,17,20)(H,18,19)/t10-,11+/m1/s1. The molecule has 0 radical (unpaired) electrons. The molecule has 0 rings (SSSR count). The molecule has 0 fully saturated rings. The lowest BCUT2D eigenvalue weighted by Crippen LogP contribution is -2.52. The fourth-order valence-corrected chi connectivity index (χ4v) is 1.88. The van der Waals surface area contributed by atoms with E-state index in [2.05, 4.69) is 10.6 Å². The molecule has 7 heteroatoms. The zero-order valence-electron chi connectivity index (χ0n) is 13.2. The molecule has 0 heterocycles. The van der Waals surface area contributed by atoms with Crippen LogP contribution in [-0.4, -0.2) is 41.5 Å². The number of hydrogen-bond donors (Lipinski definition) is 4. The van der Waals surface area contributed by atoms with Gasteiger partial charge in [0.2, 0.25) is 11.8 Å². The van der Waals surface area contributed by atoms with Crippen LogP contribution in [0.3, 0.4) is 0 Å². The normalized spacial score (nSPS) is 13.9. The van der Waals surface area contributed by atoms with Crippen LogP contribution in [0.15, 0.2) is 0 Å². The van der Waals surface area contributed by atoms with Crippen molar-refractivity contribution >= 4 is 17.8 Å². The van der Waals surface area contributed by atoms with E-state index in [9.17, 15) is 14.4 Å². The number of nitrogens with one attached hydrogen (secondary N) is 2. The smallest absolute Gasteiger partial charge is 0.322 e. The first-order chi connectivity index (χ1) is 9.63. The largest absolute Gasteiger partial charge is 0.480 e. The Hall–Kier alpha value is -1.63. The summed E-state index contributed by atoms with van der Waals surface area (Å²) in [5.41, 5.74) is 5.78. The lowest BCUT2D eigenvalue weighted by atomic mass is 10.0. The lowest BCUT2D eigenvalue weighted by Gasteiger charge is -2.22. The van der Waals surface area contributed by atoms with Crippen molar-refractivity contribution in [1.82, 2.24) is 10.6 Å². The van der Waals surface area contributed by atoms with E-state index in [-0.39, 0.29) is 17.7 Å². The fraction of sp³-hybridized carbons (Fsp3) is 0.786. The van der Waals surface area contributed by atoms with Crippen molar-refractivity contribution in [3.8, 4) is 0 Å². The van der Waals surface area contributed by atoms with Crippen LogP contribution in [0.25, 0.3) is 0 Å². The monoisotopic (exact) mass is 301 g/mol. The molecular weight excluding hydrogens is 274 g/mol. The Bertz CT molecular complexity index is 369. The van der Waals surface area contributed by atoms with Crippen LogP contribution in [-0.2, 0) is 14.4 Å². The number of carboxylic acid groups (broad SMARTS) is 1. The molecule has 0 aliphatic carbocycles. The first-order valence-electron chi connectivity index (χ1n) is 7.18. The molecule has 2 amide bonds. The maximum absolute atomic E-state index is 12.0. The van der Waals surface area contributed by atoms with Crippen molar-refractivity contribution in [3.63, 3.8) is 0 Å². The summed E-state index contributed by atoms with van der Waals surface area (Å²) in [5.74, 6) is -1.58. The zero-order chi connectivity index (χ0) is 16.6. The quantitative estimate of drug-likeness (QED) is 0.481. The molecule has 0 saturated carbocycles. The molecule has 7 nitrogen and oxygen atoms in total. The van der Waals surface area contributed by atoms with Gasteiger partial charge in [0, 0.05) is 0 Å². The molecule has 21 heavy (non-hydrogen) atoms. The number of hydrogen-bond acceptors (Lipinski definition) is 4. The van der Waals surface area contributed by atoms with Gasteiger partial charge in [-0.3, -0.25) is 14.4 Å². The number of nitrogens with two attached hydrogens (primary N) is 1. The third kappa shape index (κ3) is 9.01. The van der Waals surface area contributed by atoms with E-state index in [1.807, 2.05) is 27.7 Å². The van der Waals surface area contributed by atoms with E-state index in [0.717, 1.165) is 0 Å². The predicted molar refractivity (Wildman–Crippen MR) is 79.5 cm³/mol. The van der Waals surface area contributed by atoms with Gasteiger partial charge < -0.3 is 21.5 Å². The molecule has 0 aromatic heterocycles. The lowest BCUT2D eigenvalue weighted by molar-refractivity contribution is -0.138. The summed E-state index contributed by atoms with van der Waals surface area (Å²) < 4.78 is 0. The Morgan fingerprint density at radius 2 is 1.52 bits per heavy atom. The van der Waals surface area contributed by atoms with Gasteiger partial charge in [0.05, 0.1) is 6.04 Å². The first-order valence-corrected chi connectivity index (χ1v) is 7.18. The minimum Gasteiger partial charge on any atom is -0.480 e. The van der Waals surface area contributed by atoms with E-state index >= 15 is 0 Å². The first kappa shape index (κ1) is 19.4. The average Bonchev–Trinajstić information content (AvgIpc) is 2.33. The maximum Gasteiger partial charge on any atom is 0.322 e. The highest BCUT2D eigenvalue weighted by Gasteiger charge is 2.25. The van der Waals surface area contributed by atoms with Gasteiger partial charge in [0.1, 0.15) is 12.6 Å². The Morgan fingerprint density at radius 1 is 1.00 bits per heavy atom. The summed E-state index contributed by atoms with van der Waals surface area (Å²) in [6.07, 6.45) is 0.947. The second-order valence-corrected chi connectivity index (χ2v) is 6.04. The van der Waals surface area contributed by atoms with Crippen molar-refractivity contribution in [2.75, 3.05) is 6.54 Å². The van der Waals surface area contributed by atoms with Crippen molar-refractivity contribution in [2.24, 2.45) is 17.6 Å². The van der Waals surface area contributed by atoms with Crippen molar-refractivity contribution in [1.29, 1.82) is 0 Å². The minimum atomic E-state index is -1.13. The van der Waals surface area contributed by atoms with Crippen LogP contribution >= 0.6 is 0 Å². The molecule has 0 bridgehead atoms. The molecule has 2 atom stereocenters. The topological polar surface area (TPSA) is 122 Å². The Kier molecular flexibility index (Phi) is 8.61. The number of aliphatic carboxylic acids is 1. The zero-order valence-corrected chi connectivity index (χ0v) is 13.2. The summed E-state index contributed by atoms with van der Waals surface area (Å²) in [5, 5.41) is 13.5. The molecular formula is C14H27N3O4. The van der Waals surface area contributed by atoms with E-state index < -0.39 is 30.5 Å². The summed E-state index contributed by atoms with van der Waals surface area (Å²) in [4.78, 5) is 34.4. The Morgan fingerprint density at radius 3 is 1.95 bits per heavy atom. The van der Waals surface area contributed by atoms with Gasteiger partial charge in [0.25, 0.3) is 0 Å². The van der Waals surface area contributed by atoms with Crippen molar-refractivity contribution in [3.05, 3.63) is 0 Å². The Balaban J connectivity index is 4.64. The van der Waals surface area contributed by atoms with Crippen LogP contribution in [0.2, 0.25) is 0 Å². The molecule has 0 spiro atoms. The highest BCUT2D eigenvalue weighted by Crippen LogP contribution is 2.07. The number of carbonyl (C=O) groups is 3. The van der Waals surface area contributed by atoms with Crippen LogP contribution in [0.5, 0.6) is 0 Å². The third-order valence-electron chi connectivity index (χ3n) is 2.82. The van der Waals surface area contributed by atoms with Crippen LogP contribution in [0.4, 0.5) is 0 Å². The van der Waals surface area contributed by atoms with Crippen molar-refractivity contribution in [2.45, 2.75) is 52.6 Å². The number of rotatable bonds is 9. The predicted octanol–water partition coefficient (Wildman–Crippen LogP) is 0.0915. The second-order valence-electron chi connectivity index (χ2n) is 6.04. The van der Waals surface area contributed by atoms with Crippen LogP contribution in [0.1, 0.15) is 40.5 Å². The fourth-order valence-electron chi connectivity index (χ4n) is 1.88. The maximum atomic E-state index is 12.0. The summed E-state index contributed by atoms with van der Waals surface area (Å²) >= 11 is 0. The summed E-state index contributed by atoms with van der Waals surface area (Å²) in [6, 6.07) is -1.44. The highest BCUT2D eigenvalue weighted by molar-refractivity contribution is 5.90. The van der Waals surface area contributed by atoms with Gasteiger partial charge in [-0.1, -0.05) is 27.7 Å². The molecule has 0 aromatic rings. The molecule has 122 valence electrons. The van der Waals surface area contributed by atoms with Gasteiger partial charge in [-0.2, -0.15) is 0 Å². The number of carboxylic acids is 1. The molecule has 0 unspecified atom stereocenters. The van der Waals surface area contributed by atoms with Gasteiger partial charge in [0.15, 0.2) is 0 Å². The summed E-state index contributed by atoms with van der Waals surface area (Å²) in [6.45, 7) is 7.27. The summed E-state index contributed by atoms with van der Waals surface area (Å²) in [7, 11) is 0. The third-order valence-corrected chi connectivity index (χ3v) is 2.82. The van der Waals surface area contributed by atoms with E-state index in [0.29, 0.717) is 12.8 Å². The molecule has 5 N–H and O–H groups in total. The molecule has 0 aliphatic rings. The van der Waals surface area contributed by atoms with Gasteiger partial charge in [-0.25, -0.2) is 0 Å². The van der Waals surface area contributed by atoms with Crippen molar-refractivity contribution < 1.29 is 19.5 Å². The van der Waals surface area contributed by atoms with Gasteiger partial charge >= 0.3 is 5.97 Å². The highest BCUT2D eigenvalue weighted by atomic mass is 16.4. The SMILES string of the molecule is CC(C)C[C@@H](N)C(=O)N[C@@H](CC(C)C)C(=O)NCC(=O)O. The van der Waals surface area contributed by atoms with Crippen LogP contribution < -0.4 is 16.4 Å². The molecule has 0 aromatic carbocycles. The average molecular weight is 301 g/mol. The number of carbonyl (C=O) groups excluding carboxylic acids is 2. The van der Waals surface area contributed by atoms with Crippen LogP contribution in [0, 0.1) is 11.8 Å². The second kappa shape index (κ2) is 9.33. The number of amides is 2. The van der Waals surface area contributed by atoms with E-state index in [4.69, 9.17) is 10.8 Å².